The second kappa shape index (κ2) is 10.5. The molecule has 0 saturated carbocycles. The van der Waals surface area contributed by atoms with E-state index in [2.05, 4.69) is 61.7 Å². The maximum Gasteiger partial charge on any atom is 0.263 e. The van der Waals surface area contributed by atoms with E-state index < -0.39 is 18.1 Å². The summed E-state index contributed by atoms with van der Waals surface area (Å²) in [5.41, 5.74) is 6.55. The number of benzene rings is 3. The normalized spacial score (nSPS) is 12.6. The van der Waals surface area contributed by atoms with Crippen molar-refractivity contribution in [3.8, 4) is 11.5 Å². The van der Waals surface area contributed by atoms with Crippen LogP contribution in [0.2, 0.25) is 0 Å². The van der Waals surface area contributed by atoms with Gasteiger partial charge in [0, 0.05) is 12.1 Å². The van der Waals surface area contributed by atoms with Crippen molar-refractivity contribution in [2.75, 3.05) is 0 Å². The van der Waals surface area contributed by atoms with E-state index in [4.69, 9.17) is 8.85 Å². The van der Waals surface area contributed by atoms with E-state index in [9.17, 15) is 0 Å². The summed E-state index contributed by atoms with van der Waals surface area (Å²) in [5, 5.41) is 0. The van der Waals surface area contributed by atoms with Crippen LogP contribution in [-0.4, -0.2) is 18.1 Å². The van der Waals surface area contributed by atoms with E-state index in [1.54, 1.807) is 0 Å². The highest BCUT2D eigenvalue weighted by Gasteiger charge is 2.13. The largest absolute Gasteiger partial charge is 0.542 e. The first-order chi connectivity index (χ1) is 13.8. The van der Waals surface area contributed by atoms with Gasteiger partial charge in [-0.2, -0.15) is 0 Å². The minimum Gasteiger partial charge on any atom is -0.542 e. The molecule has 4 heteroatoms. The van der Waals surface area contributed by atoms with Crippen molar-refractivity contribution >= 4 is 18.1 Å². The minimum atomic E-state index is -1.55. The zero-order valence-electron chi connectivity index (χ0n) is 16.0. The third-order valence-corrected chi connectivity index (χ3v) is 8.43. The van der Waals surface area contributed by atoms with Crippen molar-refractivity contribution in [2.24, 2.45) is 0 Å². The Morgan fingerprint density at radius 2 is 0.929 bits per heavy atom. The summed E-state index contributed by atoms with van der Waals surface area (Å²) < 4.78 is 12.4. The highest BCUT2D eigenvalue weighted by atomic mass is 28.3. The maximum atomic E-state index is 6.21. The van der Waals surface area contributed by atoms with Gasteiger partial charge in [-0.25, -0.2) is 0 Å². The Kier molecular flexibility index (Phi) is 7.47. The van der Waals surface area contributed by atoms with E-state index in [1.165, 1.54) is 11.1 Å². The molecule has 0 saturated heterocycles. The van der Waals surface area contributed by atoms with Crippen LogP contribution in [0.3, 0.4) is 0 Å². The first-order valence-corrected chi connectivity index (χ1v) is 13.4. The minimum absolute atomic E-state index is 0.875. The Hall–Kier alpha value is -2.83. The summed E-state index contributed by atoms with van der Waals surface area (Å²) in [6, 6.07) is 30.7. The van der Waals surface area contributed by atoms with Crippen molar-refractivity contribution in [2.45, 2.75) is 12.1 Å². The molecular formula is C24H26O2Si2. The zero-order chi connectivity index (χ0) is 19.6. The number of hydrogen-bond acceptors (Lipinski definition) is 2. The summed E-state index contributed by atoms with van der Waals surface area (Å²) in [5.74, 6) is 1.75. The van der Waals surface area contributed by atoms with Crippen LogP contribution in [0.1, 0.15) is 11.1 Å². The second-order valence-electron chi connectivity index (χ2n) is 6.63. The van der Waals surface area contributed by atoms with Crippen LogP contribution < -0.4 is 8.85 Å². The molecule has 142 valence electrons. The average Bonchev–Trinajstić information content (AvgIpc) is 2.75. The molecule has 2 atom stereocenters. The van der Waals surface area contributed by atoms with Gasteiger partial charge in [0.05, 0.1) is 0 Å². The van der Waals surface area contributed by atoms with Gasteiger partial charge in [0.15, 0.2) is 0 Å². The van der Waals surface area contributed by atoms with Crippen LogP contribution >= 0.6 is 0 Å². The van der Waals surface area contributed by atoms with Crippen LogP contribution in [0.4, 0.5) is 0 Å². The molecule has 0 aliphatic rings. The Labute approximate surface area is 171 Å². The predicted octanol–water partition coefficient (Wildman–Crippen LogP) is 4.91. The molecule has 0 N–H and O–H groups in total. The van der Waals surface area contributed by atoms with Crippen molar-refractivity contribution in [1.29, 1.82) is 0 Å². The van der Waals surface area contributed by atoms with E-state index in [-0.39, 0.29) is 0 Å². The number of rotatable bonds is 10. The van der Waals surface area contributed by atoms with Crippen LogP contribution in [-0.2, 0) is 12.1 Å². The quantitative estimate of drug-likeness (QED) is 0.449. The molecule has 0 spiro atoms. The molecule has 0 aliphatic carbocycles. The van der Waals surface area contributed by atoms with Crippen molar-refractivity contribution in [3.05, 3.63) is 121 Å². The van der Waals surface area contributed by atoms with E-state index in [0.717, 1.165) is 23.6 Å². The lowest BCUT2D eigenvalue weighted by Crippen LogP contribution is -2.23. The lowest BCUT2D eigenvalue weighted by atomic mass is 10.2. The molecule has 0 fully saturated rings. The lowest BCUT2D eigenvalue weighted by molar-refractivity contribution is 0.561. The fourth-order valence-electron chi connectivity index (χ4n) is 2.99. The molecule has 2 unspecified atom stereocenters. The topological polar surface area (TPSA) is 18.5 Å². The Balaban J connectivity index is 1.57. The Bertz CT molecular complexity index is 790. The van der Waals surface area contributed by atoms with E-state index in [1.807, 2.05) is 47.8 Å². The zero-order valence-corrected chi connectivity index (χ0v) is 18.3. The van der Waals surface area contributed by atoms with Gasteiger partial charge in [0.25, 0.3) is 18.1 Å². The van der Waals surface area contributed by atoms with Crippen LogP contribution in [0.5, 0.6) is 11.5 Å². The second-order valence-corrected chi connectivity index (χ2v) is 11.0. The molecular weight excluding hydrogens is 376 g/mol. The van der Waals surface area contributed by atoms with Gasteiger partial charge in [0.2, 0.25) is 0 Å². The van der Waals surface area contributed by atoms with Gasteiger partial charge in [-0.05, 0) is 35.4 Å². The molecule has 3 aromatic rings. The maximum absolute atomic E-state index is 6.21. The molecule has 0 heterocycles. The summed E-state index contributed by atoms with van der Waals surface area (Å²) >= 11 is 0. The molecule has 28 heavy (non-hydrogen) atoms. The van der Waals surface area contributed by atoms with Crippen LogP contribution in [0.15, 0.2) is 109 Å². The van der Waals surface area contributed by atoms with Gasteiger partial charge in [-0.15, -0.1) is 13.2 Å². The first-order valence-electron chi connectivity index (χ1n) is 9.53. The van der Waals surface area contributed by atoms with Gasteiger partial charge < -0.3 is 8.85 Å². The fourth-order valence-corrected chi connectivity index (χ4v) is 6.16. The highest BCUT2D eigenvalue weighted by Crippen LogP contribution is 2.20. The van der Waals surface area contributed by atoms with Crippen LogP contribution in [0.25, 0.3) is 0 Å². The third kappa shape index (κ3) is 6.11. The third-order valence-electron chi connectivity index (χ3n) is 4.48. The van der Waals surface area contributed by atoms with E-state index in [0.29, 0.717) is 0 Å². The average molecular weight is 403 g/mol. The SMILES string of the molecule is C=C[SiH](Cc1ccccc1)Oc1ccc(O[SiH](C=C)Cc2ccccc2)cc1. The Morgan fingerprint density at radius 1 is 0.571 bits per heavy atom. The summed E-state index contributed by atoms with van der Waals surface area (Å²) in [7, 11) is -3.10. The molecule has 0 radical (unpaired) electrons. The smallest absolute Gasteiger partial charge is 0.263 e. The molecule has 3 rings (SSSR count). The van der Waals surface area contributed by atoms with Crippen molar-refractivity contribution in [3.63, 3.8) is 0 Å². The van der Waals surface area contributed by atoms with Gasteiger partial charge in [-0.3, -0.25) is 0 Å². The highest BCUT2D eigenvalue weighted by molar-refractivity contribution is 6.58. The molecule has 0 aromatic heterocycles. The Morgan fingerprint density at radius 3 is 1.25 bits per heavy atom. The van der Waals surface area contributed by atoms with Gasteiger partial charge >= 0.3 is 0 Å². The monoisotopic (exact) mass is 402 g/mol. The first kappa shape index (κ1) is 19.9. The van der Waals surface area contributed by atoms with Crippen molar-refractivity contribution < 1.29 is 8.85 Å². The van der Waals surface area contributed by atoms with E-state index >= 15 is 0 Å². The molecule has 3 aromatic carbocycles. The predicted molar refractivity (Wildman–Crippen MR) is 123 cm³/mol. The molecule has 0 bridgehead atoms. The van der Waals surface area contributed by atoms with Gasteiger partial charge in [-0.1, -0.05) is 72.1 Å². The molecule has 0 aliphatic heterocycles. The summed E-state index contributed by atoms with van der Waals surface area (Å²) in [6.45, 7) is 7.94. The molecule has 0 amide bonds. The number of hydrogen-bond donors (Lipinski definition) is 0. The summed E-state index contributed by atoms with van der Waals surface area (Å²) in [6.07, 6.45) is 0. The van der Waals surface area contributed by atoms with Gasteiger partial charge in [0.1, 0.15) is 11.5 Å². The molecule has 2 nitrogen and oxygen atoms in total. The lowest BCUT2D eigenvalue weighted by Gasteiger charge is -2.17. The van der Waals surface area contributed by atoms with Crippen LogP contribution in [0, 0.1) is 0 Å². The van der Waals surface area contributed by atoms with Crippen molar-refractivity contribution in [1.82, 2.24) is 0 Å². The summed E-state index contributed by atoms with van der Waals surface area (Å²) in [4.78, 5) is 0. The standard InChI is InChI=1S/C24H26O2Si2/c1-3-27(19-21-11-7-5-8-12-21)25-23-15-17-24(18-16-23)26-28(4-2)20-22-13-9-6-10-14-22/h3-18,27-28H,1-2,19-20H2. The fraction of sp³-hybridized carbons (Fsp3) is 0.0833.